The van der Waals surface area contributed by atoms with Crippen molar-refractivity contribution in [2.45, 2.75) is 0 Å². The molecule has 104 valence electrons. The van der Waals surface area contributed by atoms with Crippen molar-refractivity contribution in [3.63, 3.8) is 0 Å². The average molecular weight is 280 g/mol. The van der Waals surface area contributed by atoms with Crippen LogP contribution in [0, 0.1) is 0 Å². The lowest BCUT2D eigenvalue weighted by Gasteiger charge is -2.04. The monoisotopic (exact) mass is 280 g/mol. The van der Waals surface area contributed by atoms with E-state index in [2.05, 4.69) is 5.10 Å². The van der Waals surface area contributed by atoms with Crippen LogP contribution in [0.2, 0.25) is 0 Å². The SMILES string of the molecule is O=C(O)c1nn(-c2ccc(-c3ccccc3)cc2)cc1O. The zero-order valence-corrected chi connectivity index (χ0v) is 11.0. The summed E-state index contributed by atoms with van der Waals surface area (Å²) in [4.78, 5) is 10.9. The maximum absolute atomic E-state index is 10.9. The number of benzene rings is 2. The highest BCUT2D eigenvalue weighted by Crippen LogP contribution is 2.22. The van der Waals surface area contributed by atoms with E-state index in [-0.39, 0.29) is 11.4 Å². The first kappa shape index (κ1) is 12.9. The predicted octanol–water partition coefficient (Wildman–Crippen LogP) is 2.94. The van der Waals surface area contributed by atoms with Gasteiger partial charge in [0.15, 0.2) is 5.75 Å². The highest BCUT2D eigenvalue weighted by molar-refractivity contribution is 5.88. The molecule has 0 atom stereocenters. The van der Waals surface area contributed by atoms with Crippen molar-refractivity contribution in [2.24, 2.45) is 0 Å². The van der Waals surface area contributed by atoms with Gasteiger partial charge in [-0.1, -0.05) is 42.5 Å². The predicted molar refractivity (Wildman–Crippen MR) is 77.6 cm³/mol. The fourth-order valence-electron chi connectivity index (χ4n) is 2.09. The van der Waals surface area contributed by atoms with E-state index in [4.69, 9.17) is 5.11 Å². The normalized spacial score (nSPS) is 10.5. The van der Waals surface area contributed by atoms with Gasteiger partial charge in [-0.3, -0.25) is 0 Å². The van der Waals surface area contributed by atoms with Crippen molar-refractivity contribution in [1.82, 2.24) is 9.78 Å². The summed E-state index contributed by atoms with van der Waals surface area (Å²) in [5, 5.41) is 22.3. The minimum Gasteiger partial charge on any atom is -0.504 e. The Balaban J connectivity index is 1.94. The van der Waals surface area contributed by atoms with Gasteiger partial charge in [0.05, 0.1) is 11.9 Å². The van der Waals surface area contributed by atoms with Gasteiger partial charge in [0.1, 0.15) is 0 Å². The zero-order chi connectivity index (χ0) is 14.8. The number of carboxylic acids is 1. The Hall–Kier alpha value is -3.08. The molecule has 0 aliphatic carbocycles. The van der Waals surface area contributed by atoms with E-state index in [1.807, 2.05) is 54.6 Å². The number of nitrogens with zero attached hydrogens (tertiary/aromatic N) is 2. The van der Waals surface area contributed by atoms with E-state index in [0.29, 0.717) is 5.69 Å². The molecule has 0 saturated carbocycles. The molecule has 5 heteroatoms. The molecule has 0 bridgehead atoms. The third-order valence-corrected chi connectivity index (χ3v) is 3.14. The molecule has 2 aromatic carbocycles. The first-order valence-corrected chi connectivity index (χ1v) is 6.33. The first-order chi connectivity index (χ1) is 10.1. The molecule has 0 radical (unpaired) electrons. The van der Waals surface area contributed by atoms with Crippen molar-refractivity contribution >= 4 is 5.97 Å². The molecule has 0 saturated heterocycles. The van der Waals surface area contributed by atoms with E-state index in [1.54, 1.807) is 0 Å². The van der Waals surface area contributed by atoms with E-state index in [9.17, 15) is 9.90 Å². The number of carbonyl (C=O) groups is 1. The van der Waals surface area contributed by atoms with Gasteiger partial charge >= 0.3 is 5.97 Å². The Kier molecular flexibility index (Phi) is 3.16. The van der Waals surface area contributed by atoms with Crippen LogP contribution in [0.15, 0.2) is 60.8 Å². The lowest BCUT2D eigenvalue weighted by atomic mass is 10.1. The highest BCUT2D eigenvalue weighted by Gasteiger charge is 2.15. The molecule has 0 spiro atoms. The number of aromatic carboxylic acids is 1. The second kappa shape index (κ2) is 5.13. The van der Waals surface area contributed by atoms with Gasteiger partial charge in [-0.25, -0.2) is 9.48 Å². The molecule has 0 unspecified atom stereocenters. The van der Waals surface area contributed by atoms with Crippen LogP contribution in [0.25, 0.3) is 16.8 Å². The Bertz CT molecular complexity index is 777. The molecule has 1 aromatic heterocycles. The van der Waals surface area contributed by atoms with Crippen LogP contribution in [0.4, 0.5) is 0 Å². The molecular weight excluding hydrogens is 268 g/mol. The number of rotatable bonds is 3. The largest absolute Gasteiger partial charge is 0.504 e. The topological polar surface area (TPSA) is 75.3 Å². The van der Waals surface area contributed by atoms with Crippen LogP contribution in [0.3, 0.4) is 0 Å². The Morgan fingerprint density at radius 1 is 0.952 bits per heavy atom. The summed E-state index contributed by atoms with van der Waals surface area (Å²) in [6, 6.07) is 17.4. The maximum atomic E-state index is 10.9. The van der Waals surface area contributed by atoms with Crippen molar-refractivity contribution in [3.05, 3.63) is 66.5 Å². The molecule has 1 heterocycles. The second-order valence-corrected chi connectivity index (χ2v) is 4.53. The summed E-state index contributed by atoms with van der Waals surface area (Å²) in [7, 11) is 0. The summed E-state index contributed by atoms with van der Waals surface area (Å²) >= 11 is 0. The van der Waals surface area contributed by atoms with Gasteiger partial charge in [-0.15, -0.1) is 0 Å². The maximum Gasteiger partial charge on any atom is 0.360 e. The minimum atomic E-state index is -1.26. The quantitative estimate of drug-likeness (QED) is 0.773. The van der Waals surface area contributed by atoms with E-state index in [1.165, 1.54) is 10.9 Å². The smallest absolute Gasteiger partial charge is 0.360 e. The van der Waals surface area contributed by atoms with Crippen LogP contribution in [0.5, 0.6) is 5.75 Å². The van der Waals surface area contributed by atoms with Crippen molar-refractivity contribution < 1.29 is 15.0 Å². The van der Waals surface area contributed by atoms with Gasteiger partial charge in [-0.05, 0) is 23.3 Å². The van der Waals surface area contributed by atoms with Gasteiger partial charge < -0.3 is 10.2 Å². The summed E-state index contributed by atoms with van der Waals surface area (Å²) in [5.41, 5.74) is 2.47. The standard InChI is InChI=1S/C16H12N2O3/c19-14-10-18(17-15(14)16(20)21)13-8-6-12(7-9-13)11-4-2-1-3-5-11/h1-10,19H,(H,20,21). The third-order valence-electron chi connectivity index (χ3n) is 3.14. The van der Waals surface area contributed by atoms with Crippen LogP contribution in [-0.4, -0.2) is 26.0 Å². The highest BCUT2D eigenvalue weighted by atomic mass is 16.4. The third kappa shape index (κ3) is 2.49. The lowest BCUT2D eigenvalue weighted by molar-refractivity contribution is 0.0687. The van der Waals surface area contributed by atoms with Crippen molar-refractivity contribution in [1.29, 1.82) is 0 Å². The molecule has 0 aliphatic heterocycles. The molecular formula is C16H12N2O3. The summed E-state index contributed by atoms with van der Waals surface area (Å²) in [5.74, 6) is -1.61. The van der Waals surface area contributed by atoms with Gasteiger partial charge in [0, 0.05) is 0 Å². The summed E-state index contributed by atoms with van der Waals surface area (Å²) < 4.78 is 1.34. The Morgan fingerprint density at radius 2 is 1.57 bits per heavy atom. The summed E-state index contributed by atoms with van der Waals surface area (Å²) in [6.07, 6.45) is 1.28. The van der Waals surface area contributed by atoms with E-state index in [0.717, 1.165) is 11.1 Å². The van der Waals surface area contributed by atoms with Gasteiger partial charge in [0.25, 0.3) is 0 Å². The fraction of sp³-hybridized carbons (Fsp3) is 0. The van der Waals surface area contributed by atoms with Crippen molar-refractivity contribution in [2.75, 3.05) is 0 Å². The number of aromatic hydroxyl groups is 1. The van der Waals surface area contributed by atoms with Crippen LogP contribution >= 0.6 is 0 Å². The molecule has 0 amide bonds. The zero-order valence-electron chi connectivity index (χ0n) is 11.0. The number of aromatic nitrogens is 2. The number of hydrogen-bond donors (Lipinski definition) is 2. The second-order valence-electron chi connectivity index (χ2n) is 4.53. The van der Waals surface area contributed by atoms with Crippen molar-refractivity contribution in [3.8, 4) is 22.6 Å². The van der Waals surface area contributed by atoms with E-state index < -0.39 is 5.97 Å². The number of hydrogen-bond acceptors (Lipinski definition) is 3. The van der Waals surface area contributed by atoms with Gasteiger partial charge in [0.2, 0.25) is 5.69 Å². The minimum absolute atomic E-state index is 0.352. The molecule has 3 aromatic rings. The fourth-order valence-corrected chi connectivity index (χ4v) is 2.09. The van der Waals surface area contributed by atoms with E-state index >= 15 is 0 Å². The molecule has 2 N–H and O–H groups in total. The average Bonchev–Trinajstić information content (AvgIpc) is 2.90. The molecule has 0 aliphatic rings. The Morgan fingerprint density at radius 3 is 2.14 bits per heavy atom. The summed E-state index contributed by atoms with van der Waals surface area (Å²) in [6.45, 7) is 0. The van der Waals surface area contributed by atoms with Crippen LogP contribution in [0.1, 0.15) is 10.5 Å². The molecule has 0 fully saturated rings. The first-order valence-electron chi connectivity index (χ1n) is 6.33. The van der Waals surface area contributed by atoms with Crippen LogP contribution < -0.4 is 0 Å². The molecule has 3 rings (SSSR count). The lowest BCUT2D eigenvalue weighted by Crippen LogP contribution is -2.01. The molecule has 5 nitrogen and oxygen atoms in total. The molecule has 21 heavy (non-hydrogen) atoms. The Labute approximate surface area is 120 Å². The number of carboxylic acid groups (broad SMARTS) is 1. The van der Waals surface area contributed by atoms with Crippen LogP contribution in [-0.2, 0) is 0 Å². The van der Waals surface area contributed by atoms with Gasteiger partial charge in [-0.2, -0.15) is 5.10 Å².